The molecule has 0 spiro atoms. The molecule has 10 nitrogen and oxygen atoms in total. The predicted molar refractivity (Wildman–Crippen MR) is 122 cm³/mol. The minimum absolute atomic E-state index is 0.0530. The fourth-order valence-electron chi connectivity index (χ4n) is 4.02. The van der Waals surface area contributed by atoms with Gasteiger partial charge in [-0.25, -0.2) is 4.98 Å². The molecule has 33 heavy (non-hydrogen) atoms. The van der Waals surface area contributed by atoms with E-state index in [1.54, 1.807) is 11.0 Å². The number of benzene rings is 2. The first-order valence-electron chi connectivity index (χ1n) is 10.1. The number of halogens is 1. The van der Waals surface area contributed by atoms with Gasteiger partial charge in [-0.3, -0.25) is 29.4 Å². The third-order valence-corrected chi connectivity index (χ3v) is 7.02. The highest BCUT2D eigenvalue weighted by molar-refractivity contribution is 7.22. The highest BCUT2D eigenvalue weighted by Crippen LogP contribution is 2.32. The molecule has 2 aromatic carbocycles. The minimum Gasteiger partial charge on any atom is -0.345 e. The van der Waals surface area contributed by atoms with E-state index in [1.165, 1.54) is 29.5 Å². The minimum atomic E-state index is -0.817. The number of hydrogen-bond acceptors (Lipinski definition) is 8. The molecule has 0 radical (unpaired) electrons. The van der Waals surface area contributed by atoms with Gasteiger partial charge in [0.1, 0.15) is 12.1 Å². The maximum absolute atomic E-state index is 12.8. The zero-order valence-corrected chi connectivity index (χ0v) is 18.6. The van der Waals surface area contributed by atoms with Gasteiger partial charge in [0.25, 0.3) is 17.5 Å². The third kappa shape index (κ3) is 3.68. The van der Waals surface area contributed by atoms with Crippen LogP contribution in [0.15, 0.2) is 36.4 Å². The Balaban J connectivity index is 1.25. The van der Waals surface area contributed by atoms with E-state index in [0.717, 1.165) is 20.2 Å². The Morgan fingerprint density at radius 1 is 1.12 bits per heavy atom. The number of hydrogen-bond donors (Lipinski definition) is 0. The van der Waals surface area contributed by atoms with Gasteiger partial charge in [-0.05, 0) is 24.3 Å². The Hall–Kier alpha value is -3.57. The van der Waals surface area contributed by atoms with Gasteiger partial charge in [-0.1, -0.05) is 29.0 Å². The molecule has 0 N–H and O–H groups in total. The summed E-state index contributed by atoms with van der Waals surface area (Å²) in [6.45, 7) is 1.45. The van der Waals surface area contributed by atoms with Gasteiger partial charge in [-0.15, -0.1) is 0 Å². The Kier molecular flexibility index (Phi) is 5.22. The van der Waals surface area contributed by atoms with Crippen LogP contribution in [-0.4, -0.2) is 70.2 Å². The second-order valence-corrected chi connectivity index (χ2v) is 9.08. The molecule has 1 fully saturated rings. The SMILES string of the molecule is O=C(CN1C(=O)c2cccc([N+](=O)[O-])c2C1=O)N1CCN(c2nc3ccc(Cl)cc3s2)CC1. The highest BCUT2D eigenvalue weighted by Gasteiger charge is 2.42. The largest absolute Gasteiger partial charge is 0.345 e. The van der Waals surface area contributed by atoms with Crippen molar-refractivity contribution in [3.05, 3.63) is 62.7 Å². The van der Waals surface area contributed by atoms with Crippen LogP contribution >= 0.6 is 22.9 Å². The van der Waals surface area contributed by atoms with Crippen LogP contribution in [0.25, 0.3) is 10.2 Å². The second-order valence-electron chi connectivity index (χ2n) is 7.63. The average Bonchev–Trinajstić information content (AvgIpc) is 3.33. The summed E-state index contributed by atoms with van der Waals surface area (Å²) in [4.78, 5) is 57.8. The standard InChI is InChI=1S/C21H16ClN5O5S/c22-12-4-5-14-16(10-12)33-21(23-14)25-8-6-24(7-9-25)17(28)11-26-19(29)13-2-1-3-15(27(31)32)18(13)20(26)30/h1-5,10H,6-9,11H2. The molecule has 5 rings (SSSR count). The average molecular weight is 486 g/mol. The number of imide groups is 1. The number of fused-ring (bicyclic) bond motifs is 2. The summed E-state index contributed by atoms with van der Waals surface area (Å²) < 4.78 is 0.982. The van der Waals surface area contributed by atoms with Gasteiger partial charge in [0.05, 0.1) is 20.7 Å². The topological polar surface area (TPSA) is 117 Å². The van der Waals surface area contributed by atoms with Crippen LogP contribution in [0.4, 0.5) is 10.8 Å². The monoisotopic (exact) mass is 485 g/mol. The lowest BCUT2D eigenvalue weighted by Gasteiger charge is -2.35. The number of aromatic nitrogens is 1. The summed E-state index contributed by atoms with van der Waals surface area (Å²) in [5, 5.41) is 12.7. The van der Waals surface area contributed by atoms with Crippen molar-refractivity contribution in [2.75, 3.05) is 37.6 Å². The van der Waals surface area contributed by atoms with Crippen molar-refractivity contribution in [2.45, 2.75) is 0 Å². The Labute approximate surface area is 196 Å². The number of anilines is 1. The van der Waals surface area contributed by atoms with E-state index < -0.39 is 29.0 Å². The van der Waals surface area contributed by atoms with Gasteiger partial charge >= 0.3 is 0 Å². The molecule has 0 atom stereocenters. The first-order valence-corrected chi connectivity index (χ1v) is 11.3. The van der Waals surface area contributed by atoms with Crippen molar-refractivity contribution in [2.24, 2.45) is 0 Å². The molecular formula is C21H16ClN5O5S. The predicted octanol–water partition coefficient (Wildman–Crippen LogP) is 2.80. The molecule has 3 aromatic rings. The molecule has 2 aliphatic heterocycles. The van der Waals surface area contributed by atoms with Crippen LogP contribution in [-0.2, 0) is 4.79 Å². The van der Waals surface area contributed by atoms with E-state index in [1.807, 2.05) is 12.1 Å². The van der Waals surface area contributed by atoms with Gasteiger partial charge in [-0.2, -0.15) is 0 Å². The summed E-state index contributed by atoms with van der Waals surface area (Å²) in [5.74, 6) is -1.90. The van der Waals surface area contributed by atoms with Crippen LogP contribution in [0.3, 0.4) is 0 Å². The molecular weight excluding hydrogens is 470 g/mol. The zero-order chi connectivity index (χ0) is 23.3. The first kappa shape index (κ1) is 21.3. The van der Waals surface area contributed by atoms with Crippen molar-refractivity contribution in [1.29, 1.82) is 0 Å². The van der Waals surface area contributed by atoms with Gasteiger partial charge < -0.3 is 9.80 Å². The molecule has 0 saturated carbocycles. The van der Waals surface area contributed by atoms with E-state index in [-0.39, 0.29) is 17.0 Å². The highest BCUT2D eigenvalue weighted by atomic mass is 35.5. The smallest absolute Gasteiger partial charge is 0.282 e. The number of nitro groups is 1. The Morgan fingerprint density at radius 3 is 2.61 bits per heavy atom. The molecule has 3 heterocycles. The molecule has 1 saturated heterocycles. The summed E-state index contributed by atoms with van der Waals surface area (Å²) >= 11 is 7.57. The maximum Gasteiger partial charge on any atom is 0.282 e. The number of nitro benzene ring substituents is 1. The van der Waals surface area contributed by atoms with E-state index in [0.29, 0.717) is 31.2 Å². The molecule has 2 aliphatic rings. The van der Waals surface area contributed by atoms with E-state index in [2.05, 4.69) is 9.88 Å². The van der Waals surface area contributed by atoms with Crippen molar-refractivity contribution < 1.29 is 19.3 Å². The Bertz CT molecular complexity index is 1330. The number of nitrogens with zero attached hydrogens (tertiary/aromatic N) is 5. The van der Waals surface area contributed by atoms with Crippen molar-refractivity contribution in [3.8, 4) is 0 Å². The lowest BCUT2D eigenvalue weighted by atomic mass is 10.1. The molecule has 0 aliphatic carbocycles. The first-order chi connectivity index (χ1) is 15.8. The van der Waals surface area contributed by atoms with Gasteiger partial charge in [0, 0.05) is 37.3 Å². The van der Waals surface area contributed by atoms with Crippen LogP contribution in [0, 0.1) is 10.1 Å². The number of rotatable bonds is 4. The third-order valence-electron chi connectivity index (χ3n) is 5.71. The molecule has 0 bridgehead atoms. The molecule has 1 aromatic heterocycles. The van der Waals surface area contributed by atoms with Crippen LogP contribution in [0.2, 0.25) is 5.02 Å². The number of carbonyl (C=O) groups excluding carboxylic acids is 3. The van der Waals surface area contributed by atoms with Crippen LogP contribution in [0.1, 0.15) is 20.7 Å². The van der Waals surface area contributed by atoms with Crippen LogP contribution < -0.4 is 4.90 Å². The molecule has 0 unspecified atom stereocenters. The summed E-state index contributed by atoms with van der Waals surface area (Å²) in [7, 11) is 0. The molecule has 168 valence electrons. The lowest BCUT2D eigenvalue weighted by molar-refractivity contribution is -0.385. The number of amides is 3. The van der Waals surface area contributed by atoms with Gasteiger partial charge in [0.2, 0.25) is 5.91 Å². The van der Waals surface area contributed by atoms with Crippen LogP contribution in [0.5, 0.6) is 0 Å². The fourth-order valence-corrected chi connectivity index (χ4v) is 5.31. The van der Waals surface area contributed by atoms with E-state index in [9.17, 15) is 24.5 Å². The summed E-state index contributed by atoms with van der Waals surface area (Å²) in [5.41, 5.74) is 0.105. The maximum atomic E-state index is 12.8. The zero-order valence-electron chi connectivity index (χ0n) is 17.1. The Morgan fingerprint density at radius 2 is 1.88 bits per heavy atom. The number of thiazole rings is 1. The van der Waals surface area contributed by atoms with E-state index >= 15 is 0 Å². The fraction of sp³-hybridized carbons (Fsp3) is 0.238. The molecule has 12 heteroatoms. The number of piperazine rings is 1. The summed E-state index contributed by atoms with van der Waals surface area (Å²) in [6, 6.07) is 9.40. The normalized spacial score (nSPS) is 16.0. The van der Waals surface area contributed by atoms with Crippen molar-refractivity contribution in [1.82, 2.24) is 14.8 Å². The van der Waals surface area contributed by atoms with E-state index in [4.69, 9.17) is 11.6 Å². The van der Waals surface area contributed by atoms with Crippen molar-refractivity contribution >= 4 is 61.7 Å². The number of carbonyl (C=O) groups is 3. The van der Waals surface area contributed by atoms with Crippen molar-refractivity contribution in [3.63, 3.8) is 0 Å². The summed E-state index contributed by atoms with van der Waals surface area (Å²) in [6.07, 6.45) is 0. The lowest BCUT2D eigenvalue weighted by Crippen LogP contribution is -2.51. The quantitative estimate of drug-likeness (QED) is 0.317. The molecule has 3 amide bonds. The van der Waals surface area contributed by atoms with Gasteiger partial charge in [0.15, 0.2) is 5.13 Å². The second kappa shape index (κ2) is 8.09.